The van der Waals surface area contributed by atoms with Gasteiger partial charge in [-0.25, -0.2) is 0 Å². The van der Waals surface area contributed by atoms with Gasteiger partial charge < -0.3 is 10.2 Å². The number of hydrogen-bond acceptors (Lipinski definition) is 3. The molecular formula is C19H24ClN3O. The fraction of sp³-hybridized carbons (Fsp3) is 0.368. The Morgan fingerprint density at radius 2 is 1.88 bits per heavy atom. The smallest absolute Gasteiger partial charge is 0.274 e. The summed E-state index contributed by atoms with van der Waals surface area (Å²) in [6, 6.07) is 9.23. The van der Waals surface area contributed by atoms with Crippen LogP contribution in [0.5, 0.6) is 0 Å². The quantitative estimate of drug-likeness (QED) is 0.774. The molecule has 0 saturated heterocycles. The summed E-state index contributed by atoms with van der Waals surface area (Å²) in [6.45, 7) is 8.16. The van der Waals surface area contributed by atoms with Crippen LogP contribution in [0.1, 0.15) is 42.7 Å². The Labute approximate surface area is 148 Å². The highest BCUT2D eigenvalue weighted by Crippen LogP contribution is 2.21. The van der Waals surface area contributed by atoms with Gasteiger partial charge in [-0.05, 0) is 49.6 Å². The molecule has 2 aromatic rings. The lowest BCUT2D eigenvalue weighted by Gasteiger charge is -2.24. The van der Waals surface area contributed by atoms with Crippen LogP contribution in [0.2, 0.25) is 5.02 Å². The molecule has 1 N–H and O–H groups in total. The number of carbonyl (C=O) groups excluding carboxylic acids is 1. The number of nitrogens with zero attached hydrogens (tertiary/aromatic N) is 2. The molecule has 0 aliphatic rings. The van der Waals surface area contributed by atoms with Crippen LogP contribution >= 0.6 is 11.6 Å². The summed E-state index contributed by atoms with van der Waals surface area (Å²) in [4.78, 5) is 19.0. The Morgan fingerprint density at radius 1 is 1.17 bits per heavy atom. The number of aryl methyl sites for hydroxylation is 1. The van der Waals surface area contributed by atoms with Crippen LogP contribution in [0.15, 0.2) is 36.5 Å². The SMILES string of the molecule is CCCN(CCC)c1ccnc(C(=O)Nc2cc(Cl)ccc2C)c1. The normalized spacial score (nSPS) is 10.5. The minimum absolute atomic E-state index is 0.227. The lowest BCUT2D eigenvalue weighted by atomic mass is 10.2. The minimum atomic E-state index is -0.227. The summed E-state index contributed by atoms with van der Waals surface area (Å²) in [5, 5.41) is 3.49. The highest BCUT2D eigenvalue weighted by atomic mass is 35.5. The predicted molar refractivity (Wildman–Crippen MR) is 101 cm³/mol. The topological polar surface area (TPSA) is 45.2 Å². The first-order chi connectivity index (χ1) is 11.5. The van der Waals surface area contributed by atoms with E-state index in [1.165, 1.54) is 0 Å². The molecule has 0 radical (unpaired) electrons. The van der Waals surface area contributed by atoms with Crippen LogP contribution in [-0.2, 0) is 0 Å². The lowest BCUT2D eigenvalue weighted by Crippen LogP contribution is -2.25. The van der Waals surface area contributed by atoms with E-state index < -0.39 is 0 Å². The van der Waals surface area contributed by atoms with Crippen LogP contribution in [0, 0.1) is 6.92 Å². The summed E-state index contributed by atoms with van der Waals surface area (Å²) in [5.74, 6) is -0.227. The van der Waals surface area contributed by atoms with E-state index in [1.54, 1.807) is 18.3 Å². The number of halogens is 1. The van der Waals surface area contributed by atoms with E-state index >= 15 is 0 Å². The molecule has 128 valence electrons. The van der Waals surface area contributed by atoms with Gasteiger partial charge in [0.1, 0.15) is 5.69 Å². The third-order valence-electron chi connectivity index (χ3n) is 3.78. The largest absolute Gasteiger partial charge is 0.371 e. The molecule has 5 heteroatoms. The molecule has 0 bridgehead atoms. The summed E-state index contributed by atoms with van der Waals surface area (Å²) in [6.07, 6.45) is 3.81. The molecule has 24 heavy (non-hydrogen) atoms. The van der Waals surface area contributed by atoms with E-state index in [4.69, 9.17) is 11.6 Å². The zero-order valence-electron chi connectivity index (χ0n) is 14.5. The zero-order valence-corrected chi connectivity index (χ0v) is 15.2. The van der Waals surface area contributed by atoms with Crippen molar-refractivity contribution in [1.29, 1.82) is 0 Å². The van der Waals surface area contributed by atoms with Crippen molar-refractivity contribution in [1.82, 2.24) is 4.98 Å². The number of benzene rings is 1. The van der Waals surface area contributed by atoms with E-state index in [1.807, 2.05) is 25.1 Å². The molecule has 1 amide bonds. The van der Waals surface area contributed by atoms with Crippen molar-refractivity contribution in [3.63, 3.8) is 0 Å². The van der Waals surface area contributed by atoms with Crippen molar-refractivity contribution >= 4 is 28.9 Å². The molecule has 0 aliphatic heterocycles. The minimum Gasteiger partial charge on any atom is -0.371 e. The number of aromatic nitrogens is 1. The van der Waals surface area contributed by atoms with Gasteiger partial charge in [-0.15, -0.1) is 0 Å². The fourth-order valence-corrected chi connectivity index (χ4v) is 2.74. The van der Waals surface area contributed by atoms with E-state index in [9.17, 15) is 4.79 Å². The summed E-state index contributed by atoms with van der Waals surface area (Å²) in [7, 11) is 0. The first kappa shape index (κ1) is 18.3. The van der Waals surface area contributed by atoms with Gasteiger partial charge in [0.25, 0.3) is 5.91 Å². The average Bonchev–Trinajstić information content (AvgIpc) is 2.58. The Bertz CT molecular complexity index is 697. The van der Waals surface area contributed by atoms with Crippen LogP contribution in [0.4, 0.5) is 11.4 Å². The number of carbonyl (C=O) groups is 1. The molecule has 2 rings (SSSR count). The summed E-state index contributed by atoms with van der Waals surface area (Å²) in [5.41, 5.74) is 3.10. The molecule has 0 saturated carbocycles. The van der Waals surface area contributed by atoms with Crippen LogP contribution in [0.3, 0.4) is 0 Å². The van der Waals surface area contributed by atoms with E-state index in [0.29, 0.717) is 16.4 Å². The van der Waals surface area contributed by atoms with Gasteiger partial charge in [0.2, 0.25) is 0 Å². The lowest BCUT2D eigenvalue weighted by molar-refractivity contribution is 0.102. The fourth-order valence-electron chi connectivity index (χ4n) is 2.57. The molecule has 0 fully saturated rings. The Hall–Kier alpha value is -2.07. The molecule has 1 aromatic carbocycles. The summed E-state index contributed by atoms with van der Waals surface area (Å²) >= 11 is 6.01. The second kappa shape index (κ2) is 8.69. The molecule has 0 atom stereocenters. The van der Waals surface area contributed by atoms with Crippen molar-refractivity contribution in [2.24, 2.45) is 0 Å². The van der Waals surface area contributed by atoms with E-state index in [-0.39, 0.29) is 5.91 Å². The molecule has 0 spiro atoms. The maximum Gasteiger partial charge on any atom is 0.274 e. The van der Waals surface area contributed by atoms with Crippen molar-refractivity contribution < 1.29 is 4.79 Å². The van der Waals surface area contributed by atoms with E-state index in [2.05, 4.69) is 29.0 Å². The number of rotatable bonds is 7. The Morgan fingerprint density at radius 3 is 2.54 bits per heavy atom. The molecule has 4 nitrogen and oxygen atoms in total. The molecular weight excluding hydrogens is 322 g/mol. The average molecular weight is 346 g/mol. The monoisotopic (exact) mass is 345 g/mol. The van der Waals surface area contributed by atoms with Crippen molar-refractivity contribution in [2.45, 2.75) is 33.6 Å². The zero-order chi connectivity index (χ0) is 17.5. The maximum absolute atomic E-state index is 12.5. The number of anilines is 2. The third-order valence-corrected chi connectivity index (χ3v) is 4.01. The van der Waals surface area contributed by atoms with Crippen LogP contribution < -0.4 is 10.2 Å². The predicted octanol–water partition coefficient (Wildman–Crippen LogP) is 4.92. The van der Waals surface area contributed by atoms with Crippen molar-refractivity contribution in [3.8, 4) is 0 Å². The number of pyridine rings is 1. The van der Waals surface area contributed by atoms with Crippen LogP contribution in [-0.4, -0.2) is 24.0 Å². The molecule has 1 heterocycles. The highest BCUT2D eigenvalue weighted by molar-refractivity contribution is 6.31. The number of nitrogens with one attached hydrogen (secondary N) is 1. The van der Waals surface area contributed by atoms with E-state index in [0.717, 1.165) is 37.2 Å². The standard InChI is InChI=1S/C19H24ClN3O/c1-4-10-23(11-5-2)16-8-9-21-18(13-16)19(24)22-17-12-15(20)7-6-14(17)3/h6-9,12-13H,4-5,10-11H2,1-3H3,(H,22,24). The summed E-state index contributed by atoms with van der Waals surface area (Å²) < 4.78 is 0. The second-order valence-corrected chi connectivity index (χ2v) is 6.24. The third kappa shape index (κ3) is 4.71. The van der Waals surface area contributed by atoms with Crippen LogP contribution in [0.25, 0.3) is 0 Å². The maximum atomic E-state index is 12.5. The molecule has 0 aliphatic carbocycles. The van der Waals surface area contributed by atoms with Crippen molar-refractivity contribution in [3.05, 3.63) is 52.8 Å². The van der Waals surface area contributed by atoms with Gasteiger partial charge in [0.15, 0.2) is 0 Å². The first-order valence-corrected chi connectivity index (χ1v) is 8.71. The molecule has 1 aromatic heterocycles. The Balaban J connectivity index is 2.20. The van der Waals surface area contributed by atoms with Gasteiger partial charge in [-0.1, -0.05) is 31.5 Å². The first-order valence-electron chi connectivity index (χ1n) is 8.33. The molecule has 0 unspecified atom stereocenters. The van der Waals surface area contributed by atoms with Gasteiger partial charge >= 0.3 is 0 Å². The second-order valence-electron chi connectivity index (χ2n) is 5.80. The van der Waals surface area contributed by atoms with Gasteiger partial charge in [-0.3, -0.25) is 9.78 Å². The highest BCUT2D eigenvalue weighted by Gasteiger charge is 2.12. The van der Waals surface area contributed by atoms with Gasteiger partial charge in [0.05, 0.1) is 0 Å². The number of amides is 1. The Kier molecular flexibility index (Phi) is 6.62. The van der Waals surface area contributed by atoms with Gasteiger partial charge in [-0.2, -0.15) is 0 Å². The van der Waals surface area contributed by atoms with Crippen molar-refractivity contribution in [2.75, 3.05) is 23.3 Å². The van der Waals surface area contributed by atoms with Gasteiger partial charge in [0, 0.05) is 35.7 Å². The number of hydrogen-bond donors (Lipinski definition) is 1.